The maximum absolute atomic E-state index is 13.7. The van der Waals surface area contributed by atoms with Crippen molar-refractivity contribution in [1.29, 1.82) is 0 Å². The molecule has 0 saturated heterocycles. The number of phenolic OH excluding ortho intramolecular Hbond substituents is 1. The van der Waals surface area contributed by atoms with E-state index in [1.807, 2.05) is 0 Å². The topological polar surface area (TPSA) is 89.7 Å². The van der Waals surface area contributed by atoms with Crippen LogP contribution in [0.3, 0.4) is 0 Å². The molecule has 0 spiro atoms. The molecule has 0 aliphatic carbocycles. The van der Waals surface area contributed by atoms with Crippen molar-refractivity contribution in [2.45, 2.75) is 51.2 Å². The number of nitro groups is 1. The fourth-order valence-corrected chi connectivity index (χ4v) is 3.55. The quantitative estimate of drug-likeness (QED) is 0.299. The average molecular weight is 386 g/mol. The minimum Gasteiger partial charge on any atom is -0.505 e. The van der Waals surface area contributed by atoms with Gasteiger partial charge in [0.05, 0.1) is 5.92 Å². The van der Waals surface area contributed by atoms with Gasteiger partial charge in [0.2, 0.25) is 6.54 Å². The predicted octanol–water partition coefficient (Wildman–Crippen LogP) is 4.12. The first-order chi connectivity index (χ1) is 11.9. The first-order valence-corrected chi connectivity index (χ1v) is 11.5. The van der Waals surface area contributed by atoms with Gasteiger partial charge in [0.1, 0.15) is 6.29 Å². The highest BCUT2D eigenvalue weighted by Gasteiger charge is 2.38. The number of halogens is 1. The number of aromatic hydroxyl groups is 1. The Kier molecular flexibility index (Phi) is 7.46. The lowest BCUT2D eigenvalue weighted by Gasteiger charge is -2.36. The van der Waals surface area contributed by atoms with Gasteiger partial charge in [-0.15, -0.1) is 0 Å². The maximum atomic E-state index is 13.7. The van der Waals surface area contributed by atoms with E-state index in [4.69, 9.17) is 4.43 Å². The number of carbonyl (C=O) groups excluding carboxylic acids is 1. The normalized spacial score (nSPS) is 14.7. The molecule has 146 valence electrons. The summed E-state index contributed by atoms with van der Waals surface area (Å²) in [7, 11) is -2.01. The maximum Gasteiger partial charge on any atom is 0.211 e. The number of hydrogen-bond donors (Lipinski definition) is 1. The number of phenols is 1. The van der Waals surface area contributed by atoms with E-state index in [0.29, 0.717) is 6.29 Å². The lowest BCUT2D eigenvalue weighted by Crippen LogP contribution is -2.41. The Bertz CT molecular complexity index is 645. The second-order valence-corrected chi connectivity index (χ2v) is 12.8. The summed E-state index contributed by atoms with van der Waals surface area (Å²) in [4.78, 5) is 22.1. The molecule has 0 aliphatic heterocycles. The predicted molar refractivity (Wildman–Crippen MR) is 100.0 cm³/mol. The largest absolute Gasteiger partial charge is 0.505 e. The highest BCUT2D eigenvalue weighted by Crippen LogP contribution is 2.38. The molecule has 0 aromatic heterocycles. The van der Waals surface area contributed by atoms with E-state index in [-0.39, 0.29) is 23.6 Å². The molecule has 0 heterocycles. The third-order valence-corrected chi connectivity index (χ3v) is 9.71. The molecular weight excluding hydrogens is 357 g/mol. The Morgan fingerprint density at radius 3 is 2.50 bits per heavy atom. The summed E-state index contributed by atoms with van der Waals surface area (Å²) in [5.41, 5.74) is 0.0751. The average Bonchev–Trinajstić information content (AvgIpc) is 2.51. The molecule has 6 nitrogen and oxygen atoms in total. The second-order valence-electron chi connectivity index (χ2n) is 8.00. The van der Waals surface area contributed by atoms with E-state index in [0.717, 1.165) is 6.07 Å². The SMILES string of the molecule is CC(C)(C)[Si](C)(C)OCCC(C=O)C(C[N+](=O)[O-])c1cccc(F)c1O. The molecule has 1 aromatic carbocycles. The molecule has 2 unspecified atom stereocenters. The molecule has 1 N–H and O–H groups in total. The van der Waals surface area contributed by atoms with Crippen LogP contribution < -0.4 is 0 Å². The molecule has 0 saturated carbocycles. The van der Waals surface area contributed by atoms with Gasteiger partial charge in [-0.3, -0.25) is 10.1 Å². The third-order valence-electron chi connectivity index (χ3n) is 5.18. The van der Waals surface area contributed by atoms with Gasteiger partial charge in [-0.2, -0.15) is 0 Å². The van der Waals surface area contributed by atoms with Gasteiger partial charge in [0, 0.05) is 23.0 Å². The van der Waals surface area contributed by atoms with Gasteiger partial charge in [-0.05, 0) is 30.6 Å². The zero-order valence-corrected chi connectivity index (χ0v) is 17.0. The van der Waals surface area contributed by atoms with Crippen LogP contribution in [0.4, 0.5) is 4.39 Å². The van der Waals surface area contributed by atoms with E-state index in [1.165, 1.54) is 12.1 Å². The van der Waals surface area contributed by atoms with Crippen molar-refractivity contribution in [3.8, 4) is 5.75 Å². The summed E-state index contributed by atoms with van der Waals surface area (Å²) in [6.07, 6.45) is 0.901. The summed E-state index contributed by atoms with van der Waals surface area (Å²) >= 11 is 0. The molecule has 26 heavy (non-hydrogen) atoms. The minimum absolute atomic E-state index is 0.00470. The van der Waals surface area contributed by atoms with Crippen molar-refractivity contribution in [2.24, 2.45) is 5.92 Å². The molecule has 0 amide bonds. The van der Waals surface area contributed by atoms with Crippen LogP contribution in [0.2, 0.25) is 18.1 Å². The third kappa shape index (κ3) is 5.60. The van der Waals surface area contributed by atoms with Crippen molar-refractivity contribution < 1.29 is 23.6 Å². The minimum atomic E-state index is -2.01. The number of nitrogens with zero attached hydrogens (tertiary/aromatic N) is 1. The van der Waals surface area contributed by atoms with Crippen LogP contribution in [0.15, 0.2) is 18.2 Å². The van der Waals surface area contributed by atoms with Crippen LogP contribution >= 0.6 is 0 Å². The molecule has 1 aromatic rings. The van der Waals surface area contributed by atoms with Crippen LogP contribution in [-0.4, -0.2) is 37.8 Å². The number of hydrogen-bond acceptors (Lipinski definition) is 5. The van der Waals surface area contributed by atoms with Crippen molar-refractivity contribution in [3.63, 3.8) is 0 Å². The summed E-state index contributed by atoms with van der Waals surface area (Å²) in [5.74, 6) is -3.17. The van der Waals surface area contributed by atoms with Crippen LogP contribution in [0, 0.1) is 21.8 Å². The Morgan fingerprint density at radius 2 is 2.00 bits per heavy atom. The van der Waals surface area contributed by atoms with Crippen LogP contribution in [0.1, 0.15) is 38.7 Å². The van der Waals surface area contributed by atoms with Gasteiger partial charge in [0.25, 0.3) is 0 Å². The molecule has 8 heteroatoms. The molecule has 1 rings (SSSR count). The molecule has 0 aliphatic rings. The summed E-state index contributed by atoms with van der Waals surface area (Å²) in [6, 6.07) is 3.85. The molecular formula is C18H28FNO5Si. The first-order valence-electron chi connectivity index (χ1n) is 8.59. The number of carbonyl (C=O) groups is 1. The van der Waals surface area contributed by atoms with Gasteiger partial charge in [-0.1, -0.05) is 32.9 Å². The van der Waals surface area contributed by atoms with Gasteiger partial charge in [0.15, 0.2) is 19.9 Å². The van der Waals surface area contributed by atoms with E-state index in [9.17, 15) is 24.4 Å². The number of para-hydroxylation sites is 1. The van der Waals surface area contributed by atoms with E-state index in [2.05, 4.69) is 33.9 Å². The van der Waals surface area contributed by atoms with Crippen LogP contribution in [0.5, 0.6) is 5.75 Å². The highest BCUT2D eigenvalue weighted by molar-refractivity contribution is 6.74. The van der Waals surface area contributed by atoms with E-state index in [1.54, 1.807) is 0 Å². The van der Waals surface area contributed by atoms with Gasteiger partial charge < -0.3 is 14.3 Å². The monoisotopic (exact) mass is 385 g/mol. The second kappa shape index (κ2) is 8.72. The summed E-state index contributed by atoms with van der Waals surface area (Å²) in [6.45, 7) is 10.2. The zero-order valence-electron chi connectivity index (χ0n) is 16.0. The Morgan fingerprint density at radius 1 is 1.38 bits per heavy atom. The lowest BCUT2D eigenvalue weighted by molar-refractivity contribution is -0.484. The highest BCUT2D eigenvalue weighted by atomic mass is 28.4. The van der Waals surface area contributed by atoms with E-state index >= 15 is 0 Å². The van der Waals surface area contributed by atoms with Crippen molar-refractivity contribution in [3.05, 3.63) is 39.7 Å². The van der Waals surface area contributed by atoms with Crippen molar-refractivity contribution in [1.82, 2.24) is 0 Å². The number of aldehydes is 1. The zero-order chi connectivity index (χ0) is 20.1. The number of benzene rings is 1. The lowest BCUT2D eigenvalue weighted by atomic mass is 9.84. The fraction of sp³-hybridized carbons (Fsp3) is 0.611. The first kappa shape index (κ1) is 22.2. The van der Waals surface area contributed by atoms with Crippen molar-refractivity contribution >= 4 is 14.6 Å². The Hall–Kier alpha value is -1.80. The Labute approximate surface area is 154 Å². The molecule has 2 atom stereocenters. The Balaban J connectivity index is 2.99. The van der Waals surface area contributed by atoms with Gasteiger partial charge in [-0.25, -0.2) is 4.39 Å². The van der Waals surface area contributed by atoms with Crippen LogP contribution in [0.25, 0.3) is 0 Å². The summed E-state index contributed by atoms with van der Waals surface area (Å²) < 4.78 is 19.7. The van der Waals surface area contributed by atoms with Gasteiger partial charge >= 0.3 is 0 Å². The molecule has 0 fully saturated rings. The summed E-state index contributed by atoms with van der Waals surface area (Å²) in [5, 5.41) is 21.0. The van der Waals surface area contributed by atoms with Crippen LogP contribution in [-0.2, 0) is 9.22 Å². The number of rotatable bonds is 9. The standard InChI is InChI=1S/C18H28FNO5Si/c1-18(2,3)26(4,5)25-10-9-13(12-21)15(11-20(23)24)14-7-6-8-16(19)17(14)22/h6-8,12-13,15,22H,9-11H2,1-5H3. The fourth-order valence-electron chi connectivity index (χ4n) is 2.49. The van der Waals surface area contributed by atoms with E-state index < -0.39 is 43.2 Å². The molecule has 0 bridgehead atoms. The molecule has 0 radical (unpaired) electrons. The smallest absolute Gasteiger partial charge is 0.211 e. The van der Waals surface area contributed by atoms with Crippen molar-refractivity contribution in [2.75, 3.05) is 13.2 Å².